The van der Waals surface area contributed by atoms with E-state index in [9.17, 15) is 13.2 Å². The molecule has 0 atom stereocenters. The van der Waals surface area contributed by atoms with Crippen LogP contribution < -0.4 is 0 Å². The van der Waals surface area contributed by atoms with Gasteiger partial charge in [-0.3, -0.25) is 0 Å². The van der Waals surface area contributed by atoms with Crippen molar-refractivity contribution in [1.82, 2.24) is 0 Å². The van der Waals surface area contributed by atoms with Crippen LogP contribution in [-0.2, 0) is 6.42 Å². The van der Waals surface area contributed by atoms with Gasteiger partial charge in [0, 0.05) is 20.6 Å². The fourth-order valence-corrected chi connectivity index (χ4v) is 5.49. The van der Waals surface area contributed by atoms with Crippen LogP contribution in [0, 0.1) is 17.5 Å². The van der Waals surface area contributed by atoms with Crippen molar-refractivity contribution < 1.29 is 13.2 Å². The molecule has 0 N–H and O–H groups in total. The maximum Gasteiger partial charge on any atom is 0.167 e. The maximum absolute atomic E-state index is 14.8. The first kappa shape index (κ1) is 17.8. The fraction of sp³-hybridized carbons (Fsp3) is 0.455. The molecule has 26 heavy (non-hydrogen) atoms. The minimum atomic E-state index is -0.864. The molecular formula is C22H23F3Si. The van der Waals surface area contributed by atoms with Crippen LogP contribution >= 0.6 is 0 Å². The summed E-state index contributed by atoms with van der Waals surface area (Å²) in [4.78, 5) is 0. The molecule has 4 heteroatoms. The number of aryl methyl sites for hydroxylation is 1. The van der Waals surface area contributed by atoms with Crippen LogP contribution in [0.4, 0.5) is 13.2 Å². The monoisotopic (exact) mass is 372 g/mol. The number of hydrogen-bond donors (Lipinski definition) is 0. The molecule has 0 nitrogen and oxygen atoms in total. The van der Waals surface area contributed by atoms with Crippen molar-refractivity contribution in [3.63, 3.8) is 0 Å². The molecule has 1 fully saturated rings. The molecule has 0 aromatic heterocycles. The average Bonchev–Trinajstić information content (AvgIpc) is 2.64. The van der Waals surface area contributed by atoms with Gasteiger partial charge in [-0.15, -0.1) is 0 Å². The smallest absolute Gasteiger partial charge is 0.167 e. The van der Waals surface area contributed by atoms with Crippen molar-refractivity contribution in [2.75, 3.05) is 0 Å². The lowest BCUT2D eigenvalue weighted by Crippen LogP contribution is -2.16. The lowest BCUT2D eigenvalue weighted by molar-refractivity contribution is 0.416. The third-order valence-corrected chi connectivity index (χ3v) is 7.49. The summed E-state index contributed by atoms with van der Waals surface area (Å²) in [7, 11) is 0.919. The van der Waals surface area contributed by atoms with Gasteiger partial charge in [-0.05, 0) is 59.0 Å². The van der Waals surface area contributed by atoms with Crippen molar-refractivity contribution in [1.29, 1.82) is 0 Å². The predicted molar refractivity (Wildman–Crippen MR) is 101 cm³/mol. The molecule has 2 radical (unpaired) electrons. The molecule has 0 aliphatic heterocycles. The van der Waals surface area contributed by atoms with E-state index in [2.05, 4.69) is 6.55 Å². The van der Waals surface area contributed by atoms with E-state index in [0.29, 0.717) is 23.1 Å². The summed E-state index contributed by atoms with van der Waals surface area (Å²) in [6.07, 6.45) is 5.43. The van der Waals surface area contributed by atoms with Crippen LogP contribution in [0.25, 0.3) is 22.3 Å². The van der Waals surface area contributed by atoms with Gasteiger partial charge >= 0.3 is 0 Å². The van der Waals surface area contributed by atoms with E-state index in [1.807, 2.05) is 13.0 Å². The van der Waals surface area contributed by atoms with Crippen LogP contribution in [0.2, 0.25) is 12.1 Å². The zero-order valence-corrected chi connectivity index (χ0v) is 16.3. The van der Waals surface area contributed by atoms with Crippen molar-refractivity contribution in [3.05, 3.63) is 46.8 Å². The highest BCUT2D eigenvalue weighted by Crippen LogP contribution is 2.53. The Balaban J connectivity index is 1.72. The third-order valence-electron chi connectivity index (χ3n) is 6.09. The largest absolute Gasteiger partial charge is 0.206 e. The van der Waals surface area contributed by atoms with Crippen LogP contribution in [-0.4, -0.2) is 9.52 Å². The number of benzene rings is 2. The van der Waals surface area contributed by atoms with Gasteiger partial charge in [0.15, 0.2) is 11.6 Å². The normalized spacial score (nSPS) is 21.1. The van der Waals surface area contributed by atoms with E-state index in [-0.39, 0.29) is 22.9 Å². The molecule has 136 valence electrons. The number of rotatable bonds is 4. The van der Waals surface area contributed by atoms with Gasteiger partial charge in [0.2, 0.25) is 0 Å². The fourth-order valence-electron chi connectivity index (χ4n) is 4.58. The SMILES string of the molecule is CCCc1ccc2c(c1F)-c1c-2cc(C2CCC([Si]C)CC2)c(F)c1F. The Hall–Kier alpha value is -1.55. The van der Waals surface area contributed by atoms with E-state index in [1.165, 1.54) is 0 Å². The molecule has 2 aromatic carbocycles. The van der Waals surface area contributed by atoms with Crippen LogP contribution in [0.15, 0.2) is 18.2 Å². The molecule has 2 aromatic rings. The highest BCUT2D eigenvalue weighted by Gasteiger charge is 2.35. The number of hydrogen-bond acceptors (Lipinski definition) is 0. The Kier molecular flexibility index (Phi) is 4.72. The Bertz CT molecular complexity index is 851. The Morgan fingerprint density at radius 1 is 0.923 bits per heavy atom. The highest BCUT2D eigenvalue weighted by atomic mass is 28.2. The molecule has 0 saturated heterocycles. The summed E-state index contributed by atoms with van der Waals surface area (Å²) in [5.41, 5.74) is 3.61. The molecule has 0 heterocycles. The molecule has 4 rings (SSSR count). The summed E-state index contributed by atoms with van der Waals surface area (Å²) >= 11 is 0. The quantitative estimate of drug-likeness (QED) is 0.437. The zero-order chi connectivity index (χ0) is 18.4. The van der Waals surface area contributed by atoms with Gasteiger partial charge in [-0.2, -0.15) is 0 Å². The second-order valence-corrected chi connectivity index (χ2v) is 8.96. The Morgan fingerprint density at radius 3 is 2.27 bits per heavy atom. The summed E-state index contributed by atoms with van der Waals surface area (Å²) in [5, 5.41) is 0. The van der Waals surface area contributed by atoms with Gasteiger partial charge < -0.3 is 0 Å². The highest BCUT2D eigenvalue weighted by molar-refractivity contribution is 6.35. The van der Waals surface area contributed by atoms with E-state index >= 15 is 0 Å². The number of halogens is 3. The van der Waals surface area contributed by atoms with E-state index < -0.39 is 11.6 Å². The first-order chi connectivity index (χ1) is 12.6. The van der Waals surface area contributed by atoms with Crippen LogP contribution in [0.3, 0.4) is 0 Å². The Morgan fingerprint density at radius 2 is 1.62 bits per heavy atom. The van der Waals surface area contributed by atoms with Crippen molar-refractivity contribution in [2.24, 2.45) is 0 Å². The number of fused-ring (bicyclic) bond motifs is 4. The molecule has 0 bridgehead atoms. The van der Waals surface area contributed by atoms with E-state index in [4.69, 9.17) is 0 Å². The Labute approximate surface area is 155 Å². The van der Waals surface area contributed by atoms with Crippen molar-refractivity contribution in [3.8, 4) is 22.3 Å². The molecule has 2 aliphatic carbocycles. The second-order valence-electron chi connectivity index (χ2n) is 7.56. The molecule has 0 spiro atoms. The molecule has 0 amide bonds. The molecular weight excluding hydrogens is 349 g/mol. The molecule has 2 aliphatic rings. The molecule has 0 unspecified atom stereocenters. The van der Waals surface area contributed by atoms with Gasteiger partial charge in [0.05, 0.1) is 0 Å². The van der Waals surface area contributed by atoms with Gasteiger partial charge in [-0.25, -0.2) is 13.2 Å². The van der Waals surface area contributed by atoms with Crippen molar-refractivity contribution >= 4 is 9.52 Å². The predicted octanol–water partition coefficient (Wildman–Crippen LogP) is 6.90. The van der Waals surface area contributed by atoms with Crippen molar-refractivity contribution in [2.45, 2.75) is 63.5 Å². The standard InChI is InChI=1S/C22H23F3Si/c1-3-4-13-7-10-15-17-11-16(12-5-8-14(26-2)9-6-12)21(24)22(25)19(17)18(15)20(13)23/h7,10-12,14H,3-6,8-9H2,1-2H3. The minimum absolute atomic E-state index is 0.0793. The summed E-state index contributed by atoms with van der Waals surface area (Å²) < 4.78 is 44.4. The summed E-state index contributed by atoms with van der Waals surface area (Å²) in [5.74, 6) is -1.93. The summed E-state index contributed by atoms with van der Waals surface area (Å²) in [6, 6.07) is 5.44. The lowest BCUT2D eigenvalue weighted by Gasteiger charge is -2.32. The minimum Gasteiger partial charge on any atom is -0.206 e. The zero-order valence-electron chi connectivity index (χ0n) is 15.3. The second kappa shape index (κ2) is 6.88. The summed E-state index contributed by atoms with van der Waals surface area (Å²) in [6.45, 7) is 4.20. The maximum atomic E-state index is 14.8. The topological polar surface area (TPSA) is 0 Å². The van der Waals surface area contributed by atoms with Gasteiger partial charge in [0.25, 0.3) is 0 Å². The average molecular weight is 373 g/mol. The lowest BCUT2D eigenvalue weighted by atomic mass is 9.75. The van der Waals surface area contributed by atoms with Gasteiger partial charge in [-0.1, -0.05) is 44.9 Å². The van der Waals surface area contributed by atoms with Crippen LogP contribution in [0.1, 0.15) is 56.1 Å². The third kappa shape index (κ3) is 2.65. The van der Waals surface area contributed by atoms with Crippen LogP contribution in [0.5, 0.6) is 0 Å². The van der Waals surface area contributed by atoms with E-state index in [1.54, 1.807) is 12.1 Å². The van der Waals surface area contributed by atoms with Gasteiger partial charge in [0.1, 0.15) is 5.82 Å². The van der Waals surface area contributed by atoms with E-state index in [0.717, 1.165) is 52.7 Å². The molecule has 1 saturated carbocycles. The first-order valence-corrected chi connectivity index (χ1v) is 11.2. The first-order valence-electron chi connectivity index (χ1n) is 9.58.